The molecule has 17 heavy (non-hydrogen) atoms. The SMILES string of the molecule is CNc1ccc(/C=C/c2cccnc2F)cc1. The van der Waals surface area contributed by atoms with E-state index in [1.165, 1.54) is 6.20 Å². The summed E-state index contributed by atoms with van der Waals surface area (Å²) in [5.41, 5.74) is 2.56. The molecule has 86 valence electrons. The fourth-order valence-corrected chi connectivity index (χ4v) is 1.47. The lowest BCUT2D eigenvalue weighted by atomic mass is 10.1. The molecule has 0 aliphatic rings. The van der Waals surface area contributed by atoms with Crippen LogP contribution in [-0.4, -0.2) is 12.0 Å². The van der Waals surface area contributed by atoms with Crippen LogP contribution in [0.2, 0.25) is 0 Å². The highest BCUT2D eigenvalue weighted by molar-refractivity contribution is 5.70. The van der Waals surface area contributed by atoms with Crippen molar-refractivity contribution in [2.45, 2.75) is 0 Å². The van der Waals surface area contributed by atoms with Gasteiger partial charge in [0.15, 0.2) is 0 Å². The fraction of sp³-hybridized carbons (Fsp3) is 0.0714. The molecule has 2 aromatic rings. The minimum atomic E-state index is -0.449. The molecule has 1 heterocycles. The van der Waals surface area contributed by atoms with Crippen LogP contribution in [0.4, 0.5) is 10.1 Å². The zero-order valence-corrected chi connectivity index (χ0v) is 9.52. The Morgan fingerprint density at radius 2 is 1.88 bits per heavy atom. The molecule has 0 atom stereocenters. The van der Waals surface area contributed by atoms with Gasteiger partial charge in [-0.3, -0.25) is 0 Å². The van der Waals surface area contributed by atoms with E-state index in [1.807, 2.05) is 37.4 Å². The number of hydrogen-bond donors (Lipinski definition) is 1. The summed E-state index contributed by atoms with van der Waals surface area (Å²) in [6, 6.07) is 11.3. The molecule has 0 saturated heterocycles. The van der Waals surface area contributed by atoms with E-state index in [0.717, 1.165) is 11.3 Å². The van der Waals surface area contributed by atoms with Gasteiger partial charge in [0.25, 0.3) is 0 Å². The molecular weight excluding hydrogens is 215 g/mol. The van der Waals surface area contributed by atoms with Crippen molar-refractivity contribution in [1.29, 1.82) is 0 Å². The number of aromatic nitrogens is 1. The zero-order chi connectivity index (χ0) is 12.1. The lowest BCUT2D eigenvalue weighted by molar-refractivity contribution is 0.581. The molecule has 0 amide bonds. The van der Waals surface area contributed by atoms with Crippen LogP contribution in [0.1, 0.15) is 11.1 Å². The fourth-order valence-electron chi connectivity index (χ4n) is 1.47. The quantitative estimate of drug-likeness (QED) is 0.814. The number of anilines is 1. The lowest BCUT2D eigenvalue weighted by Gasteiger charge is -1.99. The molecule has 0 spiro atoms. The van der Waals surface area contributed by atoms with Crippen LogP contribution in [0.25, 0.3) is 12.2 Å². The van der Waals surface area contributed by atoms with Crippen molar-refractivity contribution in [3.8, 4) is 0 Å². The van der Waals surface area contributed by atoms with Gasteiger partial charge in [-0.1, -0.05) is 18.2 Å². The number of pyridine rings is 1. The second-order valence-corrected chi connectivity index (χ2v) is 3.59. The van der Waals surface area contributed by atoms with Gasteiger partial charge >= 0.3 is 0 Å². The van der Waals surface area contributed by atoms with Gasteiger partial charge in [0.2, 0.25) is 5.95 Å². The maximum atomic E-state index is 13.2. The molecule has 0 fully saturated rings. The first-order valence-corrected chi connectivity index (χ1v) is 5.36. The van der Waals surface area contributed by atoms with Crippen LogP contribution in [0.15, 0.2) is 42.6 Å². The van der Waals surface area contributed by atoms with Gasteiger partial charge < -0.3 is 5.32 Å². The Bertz CT molecular complexity index is 518. The number of rotatable bonds is 3. The first-order valence-electron chi connectivity index (χ1n) is 5.36. The monoisotopic (exact) mass is 228 g/mol. The van der Waals surface area contributed by atoms with Gasteiger partial charge in [-0.2, -0.15) is 4.39 Å². The van der Waals surface area contributed by atoms with Gasteiger partial charge in [0, 0.05) is 24.5 Å². The molecule has 0 aliphatic heterocycles. The third-order valence-corrected chi connectivity index (χ3v) is 2.44. The summed E-state index contributed by atoms with van der Waals surface area (Å²) < 4.78 is 13.2. The summed E-state index contributed by atoms with van der Waals surface area (Å²) in [4.78, 5) is 3.59. The van der Waals surface area contributed by atoms with Crippen molar-refractivity contribution in [1.82, 2.24) is 4.98 Å². The topological polar surface area (TPSA) is 24.9 Å². The number of nitrogens with one attached hydrogen (secondary N) is 1. The molecular formula is C14H13FN2. The highest BCUT2D eigenvalue weighted by atomic mass is 19.1. The van der Waals surface area contributed by atoms with E-state index in [0.29, 0.717) is 5.56 Å². The Morgan fingerprint density at radius 1 is 1.12 bits per heavy atom. The molecule has 1 aromatic carbocycles. The van der Waals surface area contributed by atoms with Crippen molar-refractivity contribution >= 4 is 17.8 Å². The summed E-state index contributed by atoms with van der Waals surface area (Å²) >= 11 is 0. The number of nitrogens with zero attached hydrogens (tertiary/aromatic N) is 1. The van der Waals surface area contributed by atoms with E-state index in [2.05, 4.69) is 10.3 Å². The van der Waals surface area contributed by atoms with Crippen molar-refractivity contribution in [3.05, 3.63) is 59.7 Å². The summed E-state index contributed by atoms with van der Waals surface area (Å²) in [5.74, 6) is -0.449. The second kappa shape index (κ2) is 5.25. The maximum absolute atomic E-state index is 13.2. The van der Waals surface area contributed by atoms with Crippen LogP contribution in [0, 0.1) is 5.95 Å². The van der Waals surface area contributed by atoms with E-state index < -0.39 is 5.95 Å². The first-order chi connectivity index (χ1) is 8.29. The third kappa shape index (κ3) is 2.91. The molecule has 0 aliphatic carbocycles. The smallest absolute Gasteiger partial charge is 0.220 e. The molecule has 1 aromatic heterocycles. The van der Waals surface area contributed by atoms with Crippen molar-refractivity contribution in [2.75, 3.05) is 12.4 Å². The van der Waals surface area contributed by atoms with E-state index in [4.69, 9.17) is 0 Å². The molecule has 0 saturated carbocycles. The highest BCUT2D eigenvalue weighted by Gasteiger charge is 1.96. The average molecular weight is 228 g/mol. The third-order valence-electron chi connectivity index (χ3n) is 2.44. The number of halogens is 1. The summed E-state index contributed by atoms with van der Waals surface area (Å²) in [6.45, 7) is 0. The predicted molar refractivity (Wildman–Crippen MR) is 69.1 cm³/mol. The van der Waals surface area contributed by atoms with Crippen LogP contribution >= 0.6 is 0 Å². The first kappa shape index (κ1) is 11.3. The Morgan fingerprint density at radius 3 is 2.53 bits per heavy atom. The second-order valence-electron chi connectivity index (χ2n) is 3.59. The van der Waals surface area contributed by atoms with Crippen LogP contribution in [0.5, 0.6) is 0 Å². The summed E-state index contributed by atoms with van der Waals surface area (Å²) in [6.07, 6.45) is 5.02. The van der Waals surface area contributed by atoms with E-state index in [-0.39, 0.29) is 0 Å². The van der Waals surface area contributed by atoms with E-state index in [9.17, 15) is 4.39 Å². The highest BCUT2D eigenvalue weighted by Crippen LogP contribution is 2.12. The van der Waals surface area contributed by atoms with Gasteiger partial charge in [-0.15, -0.1) is 0 Å². The van der Waals surface area contributed by atoms with Crippen molar-refractivity contribution in [3.63, 3.8) is 0 Å². The van der Waals surface area contributed by atoms with Crippen molar-refractivity contribution < 1.29 is 4.39 Å². The normalized spacial score (nSPS) is 10.7. The molecule has 2 nitrogen and oxygen atoms in total. The number of hydrogen-bond acceptors (Lipinski definition) is 2. The standard InChI is InChI=1S/C14H13FN2/c1-16-13-8-5-11(6-9-13)4-7-12-3-2-10-17-14(12)15/h2-10,16H,1H3/b7-4+. The largest absolute Gasteiger partial charge is 0.388 e. The van der Waals surface area contributed by atoms with Crippen molar-refractivity contribution in [2.24, 2.45) is 0 Å². The van der Waals surface area contributed by atoms with Gasteiger partial charge in [0.1, 0.15) is 0 Å². The van der Waals surface area contributed by atoms with Crippen LogP contribution < -0.4 is 5.32 Å². The lowest BCUT2D eigenvalue weighted by Crippen LogP contribution is -1.87. The van der Waals surface area contributed by atoms with Gasteiger partial charge in [-0.25, -0.2) is 4.98 Å². The Balaban J connectivity index is 2.17. The Hall–Kier alpha value is -2.16. The molecule has 0 unspecified atom stereocenters. The molecule has 1 N–H and O–H groups in total. The van der Waals surface area contributed by atoms with E-state index in [1.54, 1.807) is 18.2 Å². The Kier molecular flexibility index (Phi) is 3.50. The molecule has 3 heteroatoms. The average Bonchev–Trinajstić information content (AvgIpc) is 2.38. The van der Waals surface area contributed by atoms with Gasteiger partial charge in [-0.05, 0) is 35.9 Å². The predicted octanol–water partition coefficient (Wildman–Crippen LogP) is 3.43. The molecule has 0 bridgehead atoms. The molecule has 0 radical (unpaired) electrons. The summed E-state index contributed by atoms with van der Waals surface area (Å²) in [5, 5.41) is 3.04. The van der Waals surface area contributed by atoms with Gasteiger partial charge in [0.05, 0.1) is 0 Å². The van der Waals surface area contributed by atoms with Crippen LogP contribution in [-0.2, 0) is 0 Å². The minimum absolute atomic E-state index is 0.449. The maximum Gasteiger partial charge on any atom is 0.220 e. The zero-order valence-electron chi connectivity index (χ0n) is 9.52. The van der Waals surface area contributed by atoms with Crippen LogP contribution in [0.3, 0.4) is 0 Å². The summed E-state index contributed by atoms with van der Waals surface area (Å²) in [7, 11) is 1.87. The molecule has 2 rings (SSSR count). The minimum Gasteiger partial charge on any atom is -0.388 e. The Labute approximate surface area is 99.8 Å². The van der Waals surface area contributed by atoms with E-state index >= 15 is 0 Å². The number of benzene rings is 1.